The Kier molecular flexibility index (Phi) is 4.39. The van der Waals surface area contributed by atoms with Crippen molar-refractivity contribution in [1.82, 2.24) is 4.90 Å². The lowest BCUT2D eigenvalue weighted by Crippen LogP contribution is -2.38. The molecule has 5 heteroatoms. The van der Waals surface area contributed by atoms with Gasteiger partial charge in [-0.05, 0) is 37.5 Å². The lowest BCUT2D eigenvalue weighted by Gasteiger charge is -2.26. The van der Waals surface area contributed by atoms with Crippen molar-refractivity contribution >= 4 is 11.9 Å². The van der Waals surface area contributed by atoms with Crippen LogP contribution in [0.2, 0.25) is 0 Å². The van der Waals surface area contributed by atoms with E-state index in [0.717, 1.165) is 25.9 Å². The van der Waals surface area contributed by atoms with Gasteiger partial charge in [0.2, 0.25) is 0 Å². The van der Waals surface area contributed by atoms with E-state index in [4.69, 9.17) is 9.84 Å². The summed E-state index contributed by atoms with van der Waals surface area (Å²) in [5.74, 6) is -0.640. The minimum Gasteiger partial charge on any atom is -0.484 e. The van der Waals surface area contributed by atoms with Crippen LogP contribution in [0.3, 0.4) is 0 Å². The van der Waals surface area contributed by atoms with Gasteiger partial charge in [-0.1, -0.05) is 6.07 Å². The van der Waals surface area contributed by atoms with E-state index >= 15 is 0 Å². The number of carbonyl (C=O) groups is 2. The highest BCUT2D eigenvalue weighted by Gasteiger charge is 2.16. The third-order valence-corrected chi connectivity index (χ3v) is 3.15. The molecule has 1 aromatic carbocycles. The Morgan fingerprint density at radius 2 is 1.95 bits per heavy atom. The summed E-state index contributed by atoms with van der Waals surface area (Å²) in [5.41, 5.74) is 0.155. The molecule has 1 amide bonds. The average Bonchev–Trinajstić information content (AvgIpc) is 2.46. The van der Waals surface area contributed by atoms with Crippen molar-refractivity contribution in [2.24, 2.45) is 0 Å². The van der Waals surface area contributed by atoms with Crippen molar-refractivity contribution in [1.29, 1.82) is 0 Å². The number of carboxylic acid groups (broad SMARTS) is 1. The normalized spacial score (nSPS) is 15.1. The highest BCUT2D eigenvalue weighted by Crippen LogP contribution is 2.14. The molecule has 0 bridgehead atoms. The molecule has 19 heavy (non-hydrogen) atoms. The summed E-state index contributed by atoms with van der Waals surface area (Å²) in [4.78, 5) is 24.5. The number of piperidine rings is 1. The Labute approximate surface area is 111 Å². The van der Waals surface area contributed by atoms with E-state index in [0.29, 0.717) is 5.75 Å². The Morgan fingerprint density at radius 3 is 2.63 bits per heavy atom. The highest BCUT2D eigenvalue weighted by molar-refractivity contribution is 5.88. The fraction of sp³-hybridized carbons (Fsp3) is 0.429. The van der Waals surface area contributed by atoms with Crippen molar-refractivity contribution in [2.75, 3.05) is 19.7 Å². The number of benzene rings is 1. The Balaban J connectivity index is 1.89. The lowest BCUT2D eigenvalue weighted by atomic mass is 10.1. The van der Waals surface area contributed by atoms with Crippen molar-refractivity contribution in [3.8, 4) is 5.75 Å². The predicted octanol–water partition coefficient (Wildman–Crippen LogP) is 1.78. The number of hydrogen-bond donors (Lipinski definition) is 1. The maximum Gasteiger partial charge on any atom is 0.335 e. The molecule has 0 unspecified atom stereocenters. The molecular formula is C14H17NO4. The standard InChI is InChI=1S/C14H17NO4/c16-13(15-7-2-1-3-8-15)10-19-12-6-4-5-11(9-12)14(17)18/h4-6,9H,1-3,7-8,10H2,(H,17,18). The molecule has 0 aliphatic carbocycles. The molecule has 0 aromatic heterocycles. The second-order valence-electron chi connectivity index (χ2n) is 4.56. The summed E-state index contributed by atoms with van der Waals surface area (Å²) in [6.45, 7) is 1.54. The number of carboxylic acids is 1. The molecule has 1 heterocycles. The topological polar surface area (TPSA) is 66.8 Å². The molecule has 102 valence electrons. The number of rotatable bonds is 4. The monoisotopic (exact) mass is 263 g/mol. The second kappa shape index (κ2) is 6.22. The number of nitrogens with zero attached hydrogens (tertiary/aromatic N) is 1. The highest BCUT2D eigenvalue weighted by atomic mass is 16.5. The van der Waals surface area contributed by atoms with E-state index in [1.54, 1.807) is 17.0 Å². The number of aromatic carboxylic acids is 1. The summed E-state index contributed by atoms with van der Waals surface area (Å²) in [6, 6.07) is 6.16. The van der Waals surface area contributed by atoms with Crippen LogP contribution >= 0.6 is 0 Å². The van der Waals surface area contributed by atoms with E-state index in [2.05, 4.69) is 0 Å². The number of carbonyl (C=O) groups excluding carboxylic acids is 1. The first kappa shape index (κ1) is 13.4. The SMILES string of the molecule is O=C(O)c1cccc(OCC(=O)N2CCCCC2)c1. The number of amides is 1. The van der Waals surface area contributed by atoms with Crippen LogP contribution in [-0.4, -0.2) is 41.6 Å². The van der Waals surface area contributed by atoms with E-state index < -0.39 is 5.97 Å². The summed E-state index contributed by atoms with van der Waals surface area (Å²) in [7, 11) is 0. The van der Waals surface area contributed by atoms with Gasteiger partial charge in [0.05, 0.1) is 5.56 Å². The molecule has 1 saturated heterocycles. The van der Waals surface area contributed by atoms with E-state index in [1.165, 1.54) is 18.6 Å². The maximum atomic E-state index is 11.9. The van der Waals surface area contributed by atoms with Crippen LogP contribution in [0, 0.1) is 0 Å². The van der Waals surface area contributed by atoms with Gasteiger partial charge >= 0.3 is 5.97 Å². The molecule has 1 fully saturated rings. The van der Waals surface area contributed by atoms with Crippen LogP contribution < -0.4 is 4.74 Å². The van der Waals surface area contributed by atoms with E-state index in [1.807, 2.05) is 0 Å². The molecule has 1 aliphatic heterocycles. The lowest BCUT2D eigenvalue weighted by molar-refractivity contribution is -0.134. The first-order valence-corrected chi connectivity index (χ1v) is 6.41. The second-order valence-corrected chi connectivity index (χ2v) is 4.56. The minimum atomic E-state index is -1.01. The molecular weight excluding hydrogens is 246 g/mol. The summed E-state index contributed by atoms with van der Waals surface area (Å²) >= 11 is 0. The zero-order chi connectivity index (χ0) is 13.7. The average molecular weight is 263 g/mol. The van der Waals surface area contributed by atoms with Crippen LogP contribution in [-0.2, 0) is 4.79 Å². The minimum absolute atomic E-state index is 0.0386. The number of ether oxygens (including phenoxy) is 1. The number of likely N-dealkylation sites (tertiary alicyclic amines) is 1. The largest absolute Gasteiger partial charge is 0.484 e. The molecule has 0 atom stereocenters. The fourth-order valence-electron chi connectivity index (χ4n) is 2.10. The van der Waals surface area contributed by atoms with Crippen LogP contribution in [0.15, 0.2) is 24.3 Å². The third-order valence-electron chi connectivity index (χ3n) is 3.15. The van der Waals surface area contributed by atoms with Gasteiger partial charge in [-0.2, -0.15) is 0 Å². The zero-order valence-electron chi connectivity index (χ0n) is 10.7. The molecule has 0 spiro atoms. The van der Waals surface area contributed by atoms with Crippen molar-refractivity contribution in [3.05, 3.63) is 29.8 Å². The molecule has 2 rings (SSSR count). The molecule has 1 aliphatic rings. The van der Waals surface area contributed by atoms with Crippen molar-refractivity contribution in [3.63, 3.8) is 0 Å². The molecule has 5 nitrogen and oxygen atoms in total. The smallest absolute Gasteiger partial charge is 0.335 e. The predicted molar refractivity (Wildman–Crippen MR) is 69.3 cm³/mol. The van der Waals surface area contributed by atoms with Crippen LogP contribution in [0.1, 0.15) is 29.6 Å². The Bertz CT molecular complexity index is 466. The van der Waals surface area contributed by atoms with Gasteiger partial charge in [0, 0.05) is 13.1 Å². The summed E-state index contributed by atoms with van der Waals surface area (Å²) in [6.07, 6.45) is 3.26. The number of hydrogen-bond acceptors (Lipinski definition) is 3. The first-order valence-electron chi connectivity index (χ1n) is 6.41. The van der Waals surface area contributed by atoms with E-state index in [-0.39, 0.29) is 18.1 Å². The van der Waals surface area contributed by atoms with Crippen molar-refractivity contribution in [2.45, 2.75) is 19.3 Å². The summed E-state index contributed by atoms with van der Waals surface area (Å²) in [5, 5.41) is 8.86. The van der Waals surface area contributed by atoms with Crippen LogP contribution in [0.25, 0.3) is 0 Å². The Morgan fingerprint density at radius 1 is 1.21 bits per heavy atom. The van der Waals surface area contributed by atoms with Gasteiger partial charge < -0.3 is 14.7 Å². The van der Waals surface area contributed by atoms with Gasteiger partial charge in [0.25, 0.3) is 5.91 Å². The summed E-state index contributed by atoms with van der Waals surface area (Å²) < 4.78 is 5.36. The zero-order valence-corrected chi connectivity index (χ0v) is 10.7. The molecule has 1 N–H and O–H groups in total. The van der Waals surface area contributed by atoms with Gasteiger partial charge in [0.15, 0.2) is 6.61 Å². The molecule has 1 aromatic rings. The van der Waals surface area contributed by atoms with Gasteiger partial charge in [-0.15, -0.1) is 0 Å². The van der Waals surface area contributed by atoms with Crippen molar-refractivity contribution < 1.29 is 19.4 Å². The van der Waals surface area contributed by atoms with Crippen LogP contribution in [0.5, 0.6) is 5.75 Å². The maximum absolute atomic E-state index is 11.9. The van der Waals surface area contributed by atoms with Gasteiger partial charge in [0.1, 0.15) is 5.75 Å². The third kappa shape index (κ3) is 3.71. The molecule has 0 saturated carbocycles. The van der Waals surface area contributed by atoms with Gasteiger partial charge in [-0.3, -0.25) is 4.79 Å². The Hall–Kier alpha value is -2.04. The fourth-order valence-corrected chi connectivity index (χ4v) is 2.10. The first-order chi connectivity index (χ1) is 9.16. The molecule has 0 radical (unpaired) electrons. The van der Waals surface area contributed by atoms with E-state index in [9.17, 15) is 9.59 Å². The quantitative estimate of drug-likeness (QED) is 0.899. The van der Waals surface area contributed by atoms with Crippen LogP contribution in [0.4, 0.5) is 0 Å². The van der Waals surface area contributed by atoms with Gasteiger partial charge in [-0.25, -0.2) is 4.79 Å².